The first-order valence-corrected chi connectivity index (χ1v) is 5.24. The van der Waals surface area contributed by atoms with Crippen LogP contribution < -0.4 is 5.69 Å². The second kappa shape index (κ2) is 4.30. The zero-order valence-corrected chi connectivity index (χ0v) is 9.42. The lowest BCUT2D eigenvalue weighted by Crippen LogP contribution is -2.22. The molecular formula is C11H14N4O. The first kappa shape index (κ1) is 10.6. The van der Waals surface area contributed by atoms with Crippen LogP contribution in [0.4, 0.5) is 0 Å². The summed E-state index contributed by atoms with van der Waals surface area (Å²) in [5.74, 6) is 0. The predicted molar refractivity (Wildman–Crippen MR) is 60.2 cm³/mol. The van der Waals surface area contributed by atoms with Gasteiger partial charge in [-0.05, 0) is 18.6 Å². The smallest absolute Gasteiger partial charge is 0.293 e. The zero-order valence-electron chi connectivity index (χ0n) is 9.42. The Kier molecular flexibility index (Phi) is 2.85. The van der Waals surface area contributed by atoms with Crippen LogP contribution in [0.1, 0.15) is 18.3 Å². The maximum atomic E-state index is 11.4. The van der Waals surface area contributed by atoms with Gasteiger partial charge in [-0.2, -0.15) is 5.10 Å². The topological polar surface area (TPSA) is 52.7 Å². The second-order valence-corrected chi connectivity index (χ2v) is 3.63. The number of aromatic nitrogens is 4. The van der Waals surface area contributed by atoms with Gasteiger partial charge in [-0.25, -0.2) is 9.78 Å². The minimum atomic E-state index is -0.234. The van der Waals surface area contributed by atoms with Crippen LogP contribution in [0.5, 0.6) is 0 Å². The molecule has 0 amide bonds. The standard InChI is InChI=1S/C11H14N4O/c1-3-9-7-10(14(2)13-9)8-15-6-4-5-12-11(15)16/h4-7H,3,8H2,1-2H3. The van der Waals surface area contributed by atoms with Crippen molar-refractivity contribution in [1.82, 2.24) is 19.3 Å². The molecule has 2 rings (SSSR count). The van der Waals surface area contributed by atoms with Crippen molar-refractivity contribution in [2.45, 2.75) is 19.9 Å². The van der Waals surface area contributed by atoms with Crippen molar-refractivity contribution >= 4 is 0 Å². The van der Waals surface area contributed by atoms with Crippen molar-refractivity contribution in [2.24, 2.45) is 7.05 Å². The predicted octanol–water partition coefficient (Wildman–Crippen LogP) is 0.587. The lowest BCUT2D eigenvalue weighted by molar-refractivity contribution is 0.639. The van der Waals surface area contributed by atoms with Crippen LogP contribution in [0.2, 0.25) is 0 Å². The molecule has 5 nitrogen and oxygen atoms in total. The highest BCUT2D eigenvalue weighted by molar-refractivity contribution is 5.10. The first-order chi connectivity index (χ1) is 7.70. The first-order valence-electron chi connectivity index (χ1n) is 5.24. The molecule has 0 aliphatic heterocycles. The Bertz CT molecular complexity index is 541. The van der Waals surface area contributed by atoms with Gasteiger partial charge in [0.2, 0.25) is 0 Å². The fraction of sp³-hybridized carbons (Fsp3) is 0.364. The number of aryl methyl sites for hydroxylation is 2. The Morgan fingerprint density at radius 1 is 1.44 bits per heavy atom. The van der Waals surface area contributed by atoms with Crippen molar-refractivity contribution in [3.8, 4) is 0 Å². The van der Waals surface area contributed by atoms with Crippen molar-refractivity contribution in [3.63, 3.8) is 0 Å². The molecule has 0 N–H and O–H groups in total. The average molecular weight is 218 g/mol. The molecule has 0 saturated heterocycles. The molecule has 0 aliphatic rings. The summed E-state index contributed by atoms with van der Waals surface area (Å²) in [4.78, 5) is 15.1. The van der Waals surface area contributed by atoms with E-state index in [2.05, 4.69) is 17.0 Å². The van der Waals surface area contributed by atoms with Gasteiger partial charge >= 0.3 is 5.69 Å². The van der Waals surface area contributed by atoms with E-state index in [9.17, 15) is 4.79 Å². The maximum Gasteiger partial charge on any atom is 0.347 e. The lowest BCUT2D eigenvalue weighted by atomic mass is 10.3. The van der Waals surface area contributed by atoms with Gasteiger partial charge in [-0.3, -0.25) is 9.25 Å². The van der Waals surface area contributed by atoms with E-state index in [1.807, 2.05) is 13.1 Å². The zero-order chi connectivity index (χ0) is 11.5. The largest absolute Gasteiger partial charge is 0.347 e. The fourth-order valence-corrected chi connectivity index (χ4v) is 1.57. The summed E-state index contributed by atoms with van der Waals surface area (Å²) in [6, 6.07) is 3.76. The third-order valence-corrected chi connectivity index (χ3v) is 2.50. The average Bonchev–Trinajstić information content (AvgIpc) is 2.63. The van der Waals surface area contributed by atoms with E-state index in [1.54, 1.807) is 21.5 Å². The Morgan fingerprint density at radius 2 is 2.25 bits per heavy atom. The van der Waals surface area contributed by atoms with E-state index in [4.69, 9.17) is 0 Å². The quantitative estimate of drug-likeness (QED) is 0.757. The highest BCUT2D eigenvalue weighted by Gasteiger charge is 2.05. The SMILES string of the molecule is CCc1cc(Cn2cccnc2=O)n(C)n1. The van der Waals surface area contributed by atoms with Gasteiger partial charge in [0.25, 0.3) is 0 Å². The van der Waals surface area contributed by atoms with Crippen LogP contribution in [-0.4, -0.2) is 19.3 Å². The molecule has 84 valence electrons. The summed E-state index contributed by atoms with van der Waals surface area (Å²) in [5.41, 5.74) is 1.81. The van der Waals surface area contributed by atoms with E-state index < -0.39 is 0 Å². The molecule has 0 aromatic carbocycles. The highest BCUT2D eigenvalue weighted by Crippen LogP contribution is 2.04. The second-order valence-electron chi connectivity index (χ2n) is 3.63. The Labute approximate surface area is 93.4 Å². The minimum Gasteiger partial charge on any atom is -0.293 e. The van der Waals surface area contributed by atoms with Crippen molar-refractivity contribution in [2.75, 3.05) is 0 Å². The molecule has 16 heavy (non-hydrogen) atoms. The minimum absolute atomic E-state index is 0.234. The van der Waals surface area contributed by atoms with Gasteiger partial charge in [0.15, 0.2) is 0 Å². The fourth-order valence-electron chi connectivity index (χ4n) is 1.57. The molecule has 2 aromatic rings. The van der Waals surface area contributed by atoms with Crippen LogP contribution in [0, 0.1) is 0 Å². The molecule has 0 aliphatic carbocycles. The molecule has 0 saturated carbocycles. The Morgan fingerprint density at radius 3 is 2.88 bits per heavy atom. The lowest BCUT2D eigenvalue weighted by Gasteiger charge is -2.03. The number of nitrogens with zero attached hydrogens (tertiary/aromatic N) is 4. The maximum absolute atomic E-state index is 11.4. The van der Waals surface area contributed by atoms with E-state index in [-0.39, 0.29) is 5.69 Å². The Hall–Kier alpha value is -1.91. The van der Waals surface area contributed by atoms with E-state index >= 15 is 0 Å². The van der Waals surface area contributed by atoms with Gasteiger partial charge in [-0.15, -0.1) is 0 Å². The molecule has 0 spiro atoms. The molecule has 2 aromatic heterocycles. The van der Waals surface area contributed by atoms with Gasteiger partial charge in [-0.1, -0.05) is 6.92 Å². The molecule has 0 atom stereocenters. The Balaban J connectivity index is 2.30. The van der Waals surface area contributed by atoms with Crippen LogP contribution in [0.25, 0.3) is 0 Å². The van der Waals surface area contributed by atoms with Crippen LogP contribution in [0.3, 0.4) is 0 Å². The molecule has 0 unspecified atom stereocenters. The molecule has 0 fully saturated rings. The van der Waals surface area contributed by atoms with Crippen LogP contribution >= 0.6 is 0 Å². The third kappa shape index (κ3) is 2.03. The van der Waals surface area contributed by atoms with E-state index in [1.165, 1.54) is 6.20 Å². The van der Waals surface area contributed by atoms with E-state index in [0.717, 1.165) is 17.8 Å². The van der Waals surface area contributed by atoms with E-state index in [0.29, 0.717) is 6.54 Å². The molecule has 0 bridgehead atoms. The van der Waals surface area contributed by atoms with Crippen LogP contribution in [-0.2, 0) is 20.0 Å². The summed E-state index contributed by atoms with van der Waals surface area (Å²) in [6.45, 7) is 2.57. The monoisotopic (exact) mass is 218 g/mol. The molecule has 5 heteroatoms. The summed E-state index contributed by atoms with van der Waals surface area (Å²) >= 11 is 0. The molecular weight excluding hydrogens is 204 g/mol. The highest BCUT2D eigenvalue weighted by atomic mass is 16.1. The normalized spacial score (nSPS) is 10.6. The van der Waals surface area contributed by atoms with Crippen molar-refractivity contribution < 1.29 is 0 Å². The number of hydrogen-bond donors (Lipinski definition) is 0. The van der Waals surface area contributed by atoms with Crippen molar-refractivity contribution in [1.29, 1.82) is 0 Å². The van der Waals surface area contributed by atoms with Gasteiger partial charge < -0.3 is 0 Å². The molecule has 0 radical (unpaired) electrons. The summed E-state index contributed by atoms with van der Waals surface area (Å²) in [7, 11) is 1.88. The summed E-state index contributed by atoms with van der Waals surface area (Å²) in [5, 5.41) is 4.34. The molecule has 2 heterocycles. The van der Waals surface area contributed by atoms with Crippen molar-refractivity contribution in [3.05, 3.63) is 46.4 Å². The third-order valence-electron chi connectivity index (χ3n) is 2.50. The number of rotatable bonds is 3. The summed E-state index contributed by atoms with van der Waals surface area (Å²) in [6.07, 6.45) is 4.13. The van der Waals surface area contributed by atoms with Gasteiger partial charge in [0, 0.05) is 19.4 Å². The van der Waals surface area contributed by atoms with Crippen LogP contribution in [0.15, 0.2) is 29.3 Å². The summed E-state index contributed by atoms with van der Waals surface area (Å²) < 4.78 is 3.37. The number of hydrogen-bond acceptors (Lipinski definition) is 3. The van der Waals surface area contributed by atoms with Gasteiger partial charge in [0.05, 0.1) is 17.9 Å². The van der Waals surface area contributed by atoms with Gasteiger partial charge in [0.1, 0.15) is 0 Å².